The Hall–Kier alpha value is -1.37. The van der Waals surface area contributed by atoms with Crippen LogP contribution in [0.4, 0.5) is 0 Å². The monoisotopic (exact) mass is 244 g/mol. The Bertz CT molecular complexity index is 414. The molecule has 0 radical (unpaired) electrons. The van der Waals surface area contributed by atoms with Crippen LogP contribution in [0.15, 0.2) is 29.8 Å². The zero-order valence-electron chi connectivity index (χ0n) is 12.0. The number of hydrogen-bond acceptors (Lipinski definition) is 1. The summed E-state index contributed by atoms with van der Waals surface area (Å²) in [6.45, 7) is 8.64. The molecule has 1 aromatic carbocycles. The first-order valence-electron chi connectivity index (χ1n) is 6.79. The maximum Gasteiger partial charge on any atom is 0.145 e. The lowest BCUT2D eigenvalue weighted by Gasteiger charge is -2.28. The van der Waals surface area contributed by atoms with Gasteiger partial charge in [0.2, 0.25) is 0 Å². The van der Waals surface area contributed by atoms with Gasteiger partial charge in [-0.25, -0.2) is 0 Å². The summed E-state index contributed by atoms with van der Waals surface area (Å²) in [5.74, 6) is 0. The van der Waals surface area contributed by atoms with Crippen molar-refractivity contribution >= 4 is 12.4 Å². The molecule has 1 atom stereocenters. The van der Waals surface area contributed by atoms with E-state index in [-0.39, 0.29) is 5.41 Å². The van der Waals surface area contributed by atoms with Crippen molar-refractivity contribution in [3.63, 3.8) is 0 Å². The molecule has 0 saturated carbocycles. The van der Waals surface area contributed by atoms with Gasteiger partial charge in [0.25, 0.3) is 0 Å². The minimum absolute atomic E-state index is 0.275. The smallest absolute Gasteiger partial charge is 0.145 e. The molecule has 0 aliphatic rings. The highest BCUT2D eigenvalue weighted by Gasteiger charge is 2.22. The molecule has 0 spiro atoms. The third kappa shape index (κ3) is 3.56. The summed E-state index contributed by atoms with van der Waals surface area (Å²) in [5, 5.41) is 0. The summed E-state index contributed by atoms with van der Waals surface area (Å²) in [6.07, 6.45) is 6.38. The van der Waals surface area contributed by atoms with Crippen molar-refractivity contribution in [1.29, 1.82) is 0 Å². The van der Waals surface area contributed by atoms with Gasteiger partial charge in [0.15, 0.2) is 0 Å². The largest absolute Gasteiger partial charge is 0.298 e. The highest BCUT2D eigenvalue weighted by atomic mass is 16.1. The molecule has 0 fully saturated rings. The molecular weight excluding hydrogens is 220 g/mol. The molecule has 0 aromatic heterocycles. The Balaban J connectivity index is 2.97. The van der Waals surface area contributed by atoms with E-state index in [2.05, 4.69) is 45.0 Å². The lowest BCUT2D eigenvalue weighted by atomic mass is 9.76. The zero-order chi connectivity index (χ0) is 13.6. The number of aldehydes is 1. The number of carbonyl (C=O) groups is 1. The van der Waals surface area contributed by atoms with E-state index in [9.17, 15) is 4.79 Å². The van der Waals surface area contributed by atoms with Gasteiger partial charge in [-0.2, -0.15) is 0 Å². The highest BCUT2D eigenvalue weighted by Crippen LogP contribution is 2.32. The fourth-order valence-electron chi connectivity index (χ4n) is 2.36. The summed E-state index contributed by atoms with van der Waals surface area (Å²) < 4.78 is 0. The summed E-state index contributed by atoms with van der Waals surface area (Å²) in [6, 6.07) is 8.60. The fraction of sp³-hybridized carbons (Fsp3) is 0.471. The first-order valence-corrected chi connectivity index (χ1v) is 6.79. The normalized spacial score (nSPS) is 15.2. The van der Waals surface area contributed by atoms with Gasteiger partial charge in [-0.05, 0) is 48.0 Å². The van der Waals surface area contributed by atoms with Crippen LogP contribution in [0.3, 0.4) is 0 Å². The molecule has 0 aliphatic carbocycles. The third-order valence-corrected chi connectivity index (χ3v) is 3.77. The van der Waals surface area contributed by atoms with Gasteiger partial charge < -0.3 is 0 Å². The number of benzene rings is 1. The van der Waals surface area contributed by atoms with E-state index >= 15 is 0 Å². The van der Waals surface area contributed by atoms with Crippen LogP contribution in [-0.4, -0.2) is 6.29 Å². The van der Waals surface area contributed by atoms with Gasteiger partial charge in [0.1, 0.15) is 6.29 Å². The van der Waals surface area contributed by atoms with Crippen LogP contribution in [0.1, 0.15) is 58.1 Å². The van der Waals surface area contributed by atoms with Gasteiger partial charge in [0.05, 0.1) is 0 Å². The van der Waals surface area contributed by atoms with Crippen molar-refractivity contribution in [2.75, 3.05) is 0 Å². The summed E-state index contributed by atoms with van der Waals surface area (Å²) in [7, 11) is 0. The van der Waals surface area contributed by atoms with Gasteiger partial charge in [-0.15, -0.1) is 0 Å². The summed E-state index contributed by atoms with van der Waals surface area (Å²) in [5.41, 5.74) is 3.53. The molecule has 1 nitrogen and oxygen atoms in total. The number of rotatable bonds is 6. The molecule has 0 saturated heterocycles. The second-order valence-electron chi connectivity index (χ2n) is 5.29. The number of carbonyl (C=O) groups excluding carboxylic acids is 1. The Morgan fingerprint density at radius 3 is 2.28 bits per heavy atom. The third-order valence-electron chi connectivity index (χ3n) is 3.77. The molecule has 1 heteroatoms. The Labute approximate surface area is 111 Å². The molecule has 0 N–H and O–H groups in total. The first kappa shape index (κ1) is 14.7. The van der Waals surface area contributed by atoms with Crippen LogP contribution in [0, 0.1) is 0 Å². The Kier molecular flexibility index (Phi) is 5.33. The average Bonchev–Trinajstić information content (AvgIpc) is 2.39. The minimum atomic E-state index is 0.275. The first-order chi connectivity index (χ1) is 8.55. The average molecular weight is 244 g/mol. The van der Waals surface area contributed by atoms with Crippen molar-refractivity contribution < 1.29 is 4.79 Å². The van der Waals surface area contributed by atoms with Crippen molar-refractivity contribution in [2.45, 2.75) is 52.4 Å². The maximum atomic E-state index is 10.6. The van der Waals surface area contributed by atoms with Gasteiger partial charge in [-0.3, -0.25) is 4.79 Å². The number of allylic oxidation sites excluding steroid dienone is 1. The van der Waals surface area contributed by atoms with Crippen LogP contribution in [0.25, 0.3) is 6.08 Å². The van der Waals surface area contributed by atoms with Crippen molar-refractivity contribution in [3.8, 4) is 0 Å². The van der Waals surface area contributed by atoms with E-state index in [4.69, 9.17) is 0 Å². The second kappa shape index (κ2) is 6.53. The second-order valence-corrected chi connectivity index (χ2v) is 5.29. The molecular formula is C17H24O. The Morgan fingerprint density at radius 2 is 1.83 bits per heavy atom. The van der Waals surface area contributed by atoms with Crippen molar-refractivity contribution in [3.05, 3.63) is 41.0 Å². The van der Waals surface area contributed by atoms with Crippen LogP contribution in [0.2, 0.25) is 0 Å². The highest BCUT2D eigenvalue weighted by molar-refractivity contribution is 5.80. The van der Waals surface area contributed by atoms with E-state index in [0.29, 0.717) is 0 Å². The van der Waals surface area contributed by atoms with E-state index in [0.717, 1.165) is 23.8 Å². The van der Waals surface area contributed by atoms with Crippen molar-refractivity contribution in [2.24, 2.45) is 0 Å². The maximum absolute atomic E-state index is 10.6. The van der Waals surface area contributed by atoms with Crippen LogP contribution in [0.5, 0.6) is 0 Å². The summed E-state index contributed by atoms with van der Waals surface area (Å²) >= 11 is 0. The van der Waals surface area contributed by atoms with E-state index in [1.807, 2.05) is 13.0 Å². The summed E-state index contributed by atoms with van der Waals surface area (Å²) in [4.78, 5) is 10.6. The predicted octanol–water partition coefficient (Wildman–Crippen LogP) is 4.76. The lowest BCUT2D eigenvalue weighted by Crippen LogP contribution is -2.20. The van der Waals surface area contributed by atoms with E-state index in [1.54, 1.807) is 0 Å². The molecule has 0 bridgehead atoms. The molecule has 0 amide bonds. The Morgan fingerprint density at radius 1 is 1.22 bits per heavy atom. The fourth-order valence-corrected chi connectivity index (χ4v) is 2.36. The van der Waals surface area contributed by atoms with Gasteiger partial charge >= 0.3 is 0 Å². The molecule has 1 aromatic rings. The molecule has 18 heavy (non-hydrogen) atoms. The van der Waals surface area contributed by atoms with Crippen LogP contribution >= 0.6 is 0 Å². The molecule has 1 unspecified atom stereocenters. The standard InChI is InChI=1S/C17H24O/c1-5-11-17(4,6-2)16-9-7-15(8-10-16)12-14(3)13-18/h7-10,12-13H,5-6,11H2,1-4H3. The molecule has 0 heterocycles. The van der Waals surface area contributed by atoms with Gasteiger partial charge in [0, 0.05) is 0 Å². The lowest BCUT2D eigenvalue weighted by molar-refractivity contribution is -0.104. The zero-order valence-corrected chi connectivity index (χ0v) is 12.0. The van der Waals surface area contributed by atoms with Crippen LogP contribution in [-0.2, 0) is 10.2 Å². The molecule has 98 valence electrons. The molecule has 1 rings (SSSR count). The number of hydrogen-bond donors (Lipinski definition) is 0. The van der Waals surface area contributed by atoms with Crippen LogP contribution < -0.4 is 0 Å². The predicted molar refractivity (Wildman–Crippen MR) is 78.7 cm³/mol. The topological polar surface area (TPSA) is 17.1 Å². The van der Waals surface area contributed by atoms with E-state index < -0.39 is 0 Å². The van der Waals surface area contributed by atoms with E-state index in [1.165, 1.54) is 18.4 Å². The SMILES string of the molecule is CCCC(C)(CC)c1ccc(C=C(C)C=O)cc1. The minimum Gasteiger partial charge on any atom is -0.298 e. The quantitative estimate of drug-likeness (QED) is 0.521. The van der Waals surface area contributed by atoms with Crippen molar-refractivity contribution in [1.82, 2.24) is 0 Å². The van der Waals surface area contributed by atoms with Gasteiger partial charge in [-0.1, -0.05) is 51.5 Å². The molecule has 0 aliphatic heterocycles.